The lowest BCUT2D eigenvalue weighted by molar-refractivity contribution is 0.169. The second kappa shape index (κ2) is 11.8. The van der Waals surface area contributed by atoms with Crippen molar-refractivity contribution in [2.24, 2.45) is 4.99 Å². The van der Waals surface area contributed by atoms with E-state index in [1.165, 1.54) is 6.26 Å². The molecule has 0 unspecified atom stereocenters. The van der Waals surface area contributed by atoms with E-state index in [0.717, 1.165) is 68.7 Å². The molecule has 1 fully saturated rings. The molecule has 8 nitrogen and oxygen atoms in total. The number of nitrogens with zero attached hydrogens (tertiary/aromatic N) is 4. The van der Waals surface area contributed by atoms with E-state index in [-0.39, 0.29) is 24.0 Å². The van der Waals surface area contributed by atoms with Gasteiger partial charge in [-0.1, -0.05) is 17.3 Å². The molecule has 1 aromatic heterocycles. The Morgan fingerprint density at radius 2 is 1.87 bits per heavy atom. The third-order valence-electron chi connectivity index (χ3n) is 5.08. The molecule has 2 heterocycles. The highest BCUT2D eigenvalue weighted by molar-refractivity contribution is 14.0. The highest BCUT2D eigenvalue weighted by Crippen LogP contribution is 2.12. The highest BCUT2D eigenvalue weighted by Gasteiger charge is 2.20. The lowest BCUT2D eigenvalue weighted by atomic mass is 10.1. The summed E-state index contributed by atoms with van der Waals surface area (Å²) in [6.45, 7) is 9.97. The summed E-state index contributed by atoms with van der Waals surface area (Å²) in [6.07, 6.45) is 1.99. The Kier molecular flexibility index (Phi) is 9.76. The minimum atomic E-state index is -3.16. The number of aliphatic imine (C=N–C) groups is 1. The number of sulfone groups is 1. The van der Waals surface area contributed by atoms with Gasteiger partial charge >= 0.3 is 0 Å². The van der Waals surface area contributed by atoms with Gasteiger partial charge in [0.1, 0.15) is 5.76 Å². The quantitative estimate of drug-likeness (QED) is 0.315. The van der Waals surface area contributed by atoms with Gasteiger partial charge in [-0.2, -0.15) is 0 Å². The van der Waals surface area contributed by atoms with Gasteiger partial charge in [0.05, 0.1) is 10.6 Å². The molecule has 0 amide bonds. The maximum atomic E-state index is 11.6. The molecule has 2 aromatic rings. The molecule has 31 heavy (non-hydrogen) atoms. The van der Waals surface area contributed by atoms with Gasteiger partial charge in [-0.05, 0) is 38.0 Å². The zero-order valence-corrected chi connectivity index (χ0v) is 21.5. The maximum Gasteiger partial charge on any atom is 0.194 e. The molecule has 0 radical (unpaired) electrons. The number of guanidine groups is 1. The van der Waals surface area contributed by atoms with Crippen molar-refractivity contribution in [2.75, 3.05) is 45.5 Å². The smallest absolute Gasteiger partial charge is 0.194 e. The van der Waals surface area contributed by atoms with Crippen LogP contribution in [0.25, 0.3) is 0 Å². The Balaban J connectivity index is 0.00000341. The highest BCUT2D eigenvalue weighted by atomic mass is 127. The van der Waals surface area contributed by atoms with E-state index in [4.69, 9.17) is 9.52 Å². The van der Waals surface area contributed by atoms with Crippen molar-refractivity contribution >= 4 is 39.8 Å². The lowest BCUT2D eigenvalue weighted by Crippen LogP contribution is -2.52. The molecular formula is C21H32IN5O3S. The van der Waals surface area contributed by atoms with Crippen LogP contribution in [-0.2, 0) is 22.8 Å². The van der Waals surface area contributed by atoms with Crippen LogP contribution in [0.15, 0.2) is 44.7 Å². The van der Waals surface area contributed by atoms with Crippen molar-refractivity contribution < 1.29 is 12.9 Å². The zero-order valence-electron chi connectivity index (χ0n) is 18.4. The fourth-order valence-corrected chi connectivity index (χ4v) is 4.09. The van der Waals surface area contributed by atoms with E-state index in [0.29, 0.717) is 11.4 Å². The SMILES string of the molecule is CCNC(=NCCc1ccc(S(C)(=O)=O)cc1)N1CCN(Cc2cc(C)on2)CC1.I. The number of nitrogens with one attached hydrogen (secondary N) is 1. The zero-order chi connectivity index (χ0) is 21.6. The van der Waals surface area contributed by atoms with Crippen LogP contribution in [-0.4, -0.2) is 74.9 Å². The monoisotopic (exact) mass is 561 g/mol. The maximum absolute atomic E-state index is 11.6. The first kappa shape index (κ1) is 25.6. The Morgan fingerprint density at radius 3 is 2.42 bits per heavy atom. The molecule has 3 rings (SSSR count). The molecule has 0 spiro atoms. The van der Waals surface area contributed by atoms with Crippen LogP contribution in [0.3, 0.4) is 0 Å². The van der Waals surface area contributed by atoms with E-state index in [1.807, 2.05) is 25.1 Å². The minimum Gasteiger partial charge on any atom is -0.361 e. The van der Waals surface area contributed by atoms with E-state index >= 15 is 0 Å². The molecular weight excluding hydrogens is 529 g/mol. The van der Waals surface area contributed by atoms with Crippen molar-refractivity contribution in [3.05, 3.63) is 47.3 Å². The van der Waals surface area contributed by atoms with Gasteiger partial charge < -0.3 is 14.7 Å². The standard InChI is InChI=1S/C21H31N5O3S.HI/c1-4-22-21(23-10-9-18-5-7-20(8-6-18)30(3,27)28)26-13-11-25(12-14-26)16-19-15-17(2)29-24-19;/h5-8,15H,4,9-14,16H2,1-3H3,(H,22,23);1H. The van der Waals surface area contributed by atoms with Gasteiger partial charge in [0.15, 0.2) is 15.8 Å². The van der Waals surface area contributed by atoms with E-state index in [2.05, 4.69) is 27.2 Å². The minimum absolute atomic E-state index is 0. The predicted octanol–water partition coefficient (Wildman–Crippen LogP) is 2.33. The summed E-state index contributed by atoms with van der Waals surface area (Å²) >= 11 is 0. The van der Waals surface area contributed by atoms with Gasteiger partial charge in [0.2, 0.25) is 0 Å². The average molecular weight is 561 g/mol. The second-order valence-electron chi connectivity index (χ2n) is 7.59. The fraction of sp³-hybridized carbons (Fsp3) is 0.524. The summed E-state index contributed by atoms with van der Waals surface area (Å²) in [7, 11) is -3.16. The van der Waals surface area contributed by atoms with Crippen LogP contribution >= 0.6 is 24.0 Å². The van der Waals surface area contributed by atoms with Gasteiger partial charge in [-0.15, -0.1) is 24.0 Å². The van der Waals surface area contributed by atoms with Gasteiger partial charge in [-0.3, -0.25) is 9.89 Å². The van der Waals surface area contributed by atoms with Crippen molar-refractivity contribution in [3.8, 4) is 0 Å². The number of aryl methyl sites for hydroxylation is 1. The molecule has 0 aliphatic carbocycles. The normalized spacial score (nSPS) is 15.6. The first-order valence-corrected chi connectivity index (χ1v) is 12.2. The second-order valence-corrected chi connectivity index (χ2v) is 9.61. The van der Waals surface area contributed by atoms with Crippen LogP contribution in [0.1, 0.15) is 23.9 Å². The summed E-state index contributed by atoms with van der Waals surface area (Å²) < 4.78 is 28.3. The average Bonchev–Trinajstić information content (AvgIpc) is 3.12. The van der Waals surface area contributed by atoms with E-state index in [1.54, 1.807) is 12.1 Å². The van der Waals surface area contributed by atoms with Crippen LogP contribution in [0, 0.1) is 6.92 Å². The van der Waals surface area contributed by atoms with Gasteiger partial charge in [-0.25, -0.2) is 8.42 Å². The molecule has 1 aromatic carbocycles. The number of halogens is 1. The van der Waals surface area contributed by atoms with Crippen LogP contribution in [0.2, 0.25) is 0 Å². The van der Waals surface area contributed by atoms with Gasteiger partial charge in [0, 0.05) is 58.1 Å². The number of rotatable bonds is 7. The Morgan fingerprint density at radius 1 is 1.19 bits per heavy atom. The third-order valence-corrected chi connectivity index (χ3v) is 6.21. The number of hydrogen-bond donors (Lipinski definition) is 1. The molecule has 1 aliphatic heterocycles. The Hall–Kier alpha value is -1.66. The number of hydrogen-bond acceptors (Lipinski definition) is 6. The molecule has 1 N–H and O–H groups in total. The topological polar surface area (TPSA) is 91.0 Å². The van der Waals surface area contributed by atoms with Crippen molar-refractivity contribution in [1.82, 2.24) is 20.3 Å². The van der Waals surface area contributed by atoms with Gasteiger partial charge in [0.25, 0.3) is 0 Å². The summed E-state index contributed by atoms with van der Waals surface area (Å²) in [5.41, 5.74) is 2.05. The summed E-state index contributed by atoms with van der Waals surface area (Å²) in [6, 6.07) is 9.04. The summed E-state index contributed by atoms with van der Waals surface area (Å²) in [4.78, 5) is 9.80. The van der Waals surface area contributed by atoms with Crippen LogP contribution in [0.4, 0.5) is 0 Å². The number of piperazine rings is 1. The molecule has 1 saturated heterocycles. The Bertz CT molecular complexity index is 952. The third kappa shape index (κ3) is 7.76. The molecule has 0 bridgehead atoms. The Labute approximate surface area is 202 Å². The molecule has 0 saturated carbocycles. The summed E-state index contributed by atoms with van der Waals surface area (Å²) in [5, 5.41) is 7.47. The predicted molar refractivity (Wildman–Crippen MR) is 133 cm³/mol. The van der Waals surface area contributed by atoms with E-state index in [9.17, 15) is 8.42 Å². The first-order valence-electron chi connectivity index (χ1n) is 10.3. The first-order chi connectivity index (χ1) is 14.3. The molecule has 10 heteroatoms. The fourth-order valence-electron chi connectivity index (χ4n) is 3.46. The number of benzene rings is 1. The molecule has 0 atom stereocenters. The van der Waals surface area contributed by atoms with E-state index < -0.39 is 9.84 Å². The van der Waals surface area contributed by atoms with Crippen molar-refractivity contribution in [1.29, 1.82) is 0 Å². The van der Waals surface area contributed by atoms with Crippen molar-refractivity contribution in [2.45, 2.75) is 31.7 Å². The lowest BCUT2D eigenvalue weighted by Gasteiger charge is -2.36. The largest absolute Gasteiger partial charge is 0.361 e. The number of aromatic nitrogens is 1. The molecule has 172 valence electrons. The van der Waals surface area contributed by atoms with Crippen LogP contribution < -0.4 is 5.32 Å². The van der Waals surface area contributed by atoms with Crippen molar-refractivity contribution in [3.63, 3.8) is 0 Å². The summed E-state index contributed by atoms with van der Waals surface area (Å²) in [5.74, 6) is 1.78. The van der Waals surface area contributed by atoms with Crippen LogP contribution in [0.5, 0.6) is 0 Å². The molecule has 1 aliphatic rings.